The van der Waals surface area contributed by atoms with E-state index in [1.165, 1.54) is 6.07 Å². The summed E-state index contributed by atoms with van der Waals surface area (Å²) in [5.41, 5.74) is 1.02. The molecule has 0 atom stereocenters. The number of rotatable bonds is 3. The molecule has 2 saturated heterocycles. The van der Waals surface area contributed by atoms with Gasteiger partial charge in [0.2, 0.25) is 5.95 Å². The Hall–Kier alpha value is -2.74. The minimum Gasteiger partial charge on any atom is -0.378 e. The predicted octanol–water partition coefficient (Wildman–Crippen LogP) is 1.41. The summed E-state index contributed by atoms with van der Waals surface area (Å²) in [6.07, 6.45) is 1.62. The van der Waals surface area contributed by atoms with E-state index in [0.29, 0.717) is 69.8 Å². The second-order valence-electron chi connectivity index (χ2n) is 6.57. The second kappa shape index (κ2) is 7.87. The van der Waals surface area contributed by atoms with E-state index in [-0.39, 0.29) is 11.7 Å². The van der Waals surface area contributed by atoms with Gasteiger partial charge in [0.05, 0.1) is 18.9 Å². The SMILES string of the molecule is O=C(c1ccnc(N2CCN(c3ccccc3F)CC2)n1)N1CCOCC1. The molecule has 7 nitrogen and oxygen atoms in total. The van der Waals surface area contributed by atoms with Gasteiger partial charge in [-0.05, 0) is 18.2 Å². The van der Waals surface area contributed by atoms with Gasteiger partial charge >= 0.3 is 0 Å². The first-order valence-electron chi connectivity index (χ1n) is 9.17. The number of piperazine rings is 1. The maximum absolute atomic E-state index is 14.0. The number of hydrogen-bond donors (Lipinski definition) is 0. The Morgan fingerprint density at radius 1 is 0.963 bits per heavy atom. The molecular formula is C19H22FN5O2. The van der Waals surface area contributed by atoms with Gasteiger partial charge in [-0.2, -0.15) is 0 Å². The molecule has 2 aromatic rings. The lowest BCUT2D eigenvalue weighted by Crippen LogP contribution is -2.47. The highest BCUT2D eigenvalue weighted by Crippen LogP contribution is 2.21. The molecule has 0 spiro atoms. The van der Waals surface area contributed by atoms with Crippen LogP contribution in [0.1, 0.15) is 10.5 Å². The maximum atomic E-state index is 14.0. The van der Waals surface area contributed by atoms with Crippen molar-refractivity contribution in [1.29, 1.82) is 0 Å². The van der Waals surface area contributed by atoms with Gasteiger partial charge in [-0.1, -0.05) is 12.1 Å². The van der Waals surface area contributed by atoms with Gasteiger partial charge in [-0.15, -0.1) is 0 Å². The van der Waals surface area contributed by atoms with Crippen molar-refractivity contribution in [2.24, 2.45) is 0 Å². The van der Waals surface area contributed by atoms with Gasteiger partial charge in [0.25, 0.3) is 5.91 Å². The summed E-state index contributed by atoms with van der Waals surface area (Å²) < 4.78 is 19.3. The molecule has 0 saturated carbocycles. The number of halogens is 1. The normalized spacial score (nSPS) is 17.9. The number of carbonyl (C=O) groups excluding carboxylic acids is 1. The molecule has 0 aliphatic carbocycles. The summed E-state index contributed by atoms with van der Waals surface area (Å²) >= 11 is 0. The molecular weight excluding hydrogens is 349 g/mol. The third-order valence-corrected chi connectivity index (χ3v) is 4.92. The lowest BCUT2D eigenvalue weighted by atomic mass is 10.2. The van der Waals surface area contributed by atoms with Gasteiger partial charge in [-0.25, -0.2) is 14.4 Å². The number of nitrogens with zero attached hydrogens (tertiary/aromatic N) is 5. The Morgan fingerprint density at radius 2 is 1.67 bits per heavy atom. The Kier molecular flexibility index (Phi) is 5.15. The molecule has 27 heavy (non-hydrogen) atoms. The van der Waals surface area contributed by atoms with Crippen LogP contribution in [0.3, 0.4) is 0 Å². The maximum Gasteiger partial charge on any atom is 0.272 e. The molecule has 2 fully saturated rings. The second-order valence-corrected chi connectivity index (χ2v) is 6.57. The first kappa shape index (κ1) is 17.7. The number of para-hydroxylation sites is 1. The fraction of sp³-hybridized carbons (Fsp3) is 0.421. The van der Waals surface area contributed by atoms with E-state index < -0.39 is 0 Å². The van der Waals surface area contributed by atoms with Crippen LogP contribution in [-0.2, 0) is 4.74 Å². The van der Waals surface area contributed by atoms with Crippen LogP contribution in [0.4, 0.5) is 16.0 Å². The molecule has 0 N–H and O–H groups in total. The standard InChI is InChI=1S/C19H22FN5O2/c20-15-3-1-2-4-17(15)23-7-9-25(10-8-23)19-21-6-5-16(22-19)18(26)24-11-13-27-14-12-24/h1-6H,7-14H2. The van der Waals surface area contributed by atoms with Crippen molar-refractivity contribution in [3.63, 3.8) is 0 Å². The molecule has 8 heteroatoms. The van der Waals surface area contributed by atoms with Crippen molar-refractivity contribution in [3.8, 4) is 0 Å². The fourth-order valence-electron chi connectivity index (χ4n) is 3.40. The van der Waals surface area contributed by atoms with Gasteiger partial charge < -0.3 is 19.4 Å². The molecule has 4 rings (SSSR count). The molecule has 0 unspecified atom stereocenters. The van der Waals surface area contributed by atoms with Crippen molar-refractivity contribution in [2.75, 3.05) is 62.3 Å². The molecule has 1 aromatic heterocycles. The summed E-state index contributed by atoms with van der Waals surface area (Å²) in [5.74, 6) is 0.245. The summed E-state index contributed by atoms with van der Waals surface area (Å²) in [5, 5.41) is 0. The van der Waals surface area contributed by atoms with E-state index in [2.05, 4.69) is 9.97 Å². The van der Waals surface area contributed by atoms with Crippen LogP contribution in [0.2, 0.25) is 0 Å². The smallest absolute Gasteiger partial charge is 0.272 e. The Bertz CT molecular complexity index is 804. The zero-order valence-electron chi connectivity index (χ0n) is 15.1. The molecule has 1 amide bonds. The number of anilines is 2. The first-order valence-corrected chi connectivity index (χ1v) is 9.17. The first-order chi connectivity index (χ1) is 13.2. The van der Waals surface area contributed by atoms with E-state index in [1.54, 1.807) is 29.3 Å². The third kappa shape index (κ3) is 3.85. The molecule has 1 aromatic carbocycles. The predicted molar refractivity (Wildman–Crippen MR) is 99.6 cm³/mol. The highest BCUT2D eigenvalue weighted by Gasteiger charge is 2.24. The monoisotopic (exact) mass is 371 g/mol. The van der Waals surface area contributed by atoms with Crippen LogP contribution < -0.4 is 9.80 Å². The van der Waals surface area contributed by atoms with Crippen LogP contribution >= 0.6 is 0 Å². The zero-order chi connectivity index (χ0) is 18.6. The highest BCUT2D eigenvalue weighted by molar-refractivity contribution is 5.92. The number of amides is 1. The molecule has 3 heterocycles. The molecule has 0 radical (unpaired) electrons. The van der Waals surface area contributed by atoms with Crippen LogP contribution in [-0.4, -0.2) is 73.3 Å². The van der Waals surface area contributed by atoms with Crippen LogP contribution in [0.5, 0.6) is 0 Å². The van der Waals surface area contributed by atoms with Gasteiger partial charge in [-0.3, -0.25) is 4.79 Å². The lowest BCUT2D eigenvalue weighted by Gasteiger charge is -2.36. The fourth-order valence-corrected chi connectivity index (χ4v) is 3.40. The zero-order valence-corrected chi connectivity index (χ0v) is 15.1. The number of hydrogen-bond acceptors (Lipinski definition) is 6. The lowest BCUT2D eigenvalue weighted by molar-refractivity contribution is 0.0299. The Labute approximate surface area is 157 Å². The summed E-state index contributed by atoms with van der Waals surface area (Å²) in [7, 11) is 0. The molecule has 2 aliphatic rings. The summed E-state index contributed by atoms with van der Waals surface area (Å²) in [6, 6.07) is 8.46. The van der Waals surface area contributed by atoms with Gasteiger partial charge in [0, 0.05) is 45.5 Å². The summed E-state index contributed by atoms with van der Waals surface area (Å²) in [6.45, 7) is 4.97. The van der Waals surface area contributed by atoms with Crippen LogP contribution in [0, 0.1) is 5.82 Å². The van der Waals surface area contributed by atoms with Crippen LogP contribution in [0.15, 0.2) is 36.5 Å². The minimum atomic E-state index is -0.208. The molecule has 142 valence electrons. The number of carbonyl (C=O) groups is 1. The van der Waals surface area contributed by atoms with Crippen molar-refractivity contribution in [2.45, 2.75) is 0 Å². The number of morpholine rings is 1. The van der Waals surface area contributed by atoms with Crippen molar-refractivity contribution >= 4 is 17.5 Å². The summed E-state index contributed by atoms with van der Waals surface area (Å²) in [4.78, 5) is 27.2. The van der Waals surface area contributed by atoms with Gasteiger partial charge in [0.1, 0.15) is 11.5 Å². The van der Waals surface area contributed by atoms with Gasteiger partial charge in [0.15, 0.2) is 0 Å². The molecule has 2 aliphatic heterocycles. The van der Waals surface area contributed by atoms with Crippen molar-refractivity contribution < 1.29 is 13.9 Å². The van der Waals surface area contributed by atoms with E-state index in [4.69, 9.17) is 4.74 Å². The minimum absolute atomic E-state index is 0.0908. The van der Waals surface area contributed by atoms with Crippen molar-refractivity contribution in [3.05, 3.63) is 48.0 Å². The Balaban J connectivity index is 1.43. The Morgan fingerprint density at radius 3 is 2.41 bits per heavy atom. The average Bonchev–Trinajstić information content (AvgIpc) is 2.74. The topological polar surface area (TPSA) is 61.8 Å². The molecule has 0 bridgehead atoms. The van der Waals surface area contributed by atoms with Crippen LogP contribution in [0.25, 0.3) is 0 Å². The van der Waals surface area contributed by atoms with Crippen molar-refractivity contribution in [1.82, 2.24) is 14.9 Å². The number of ether oxygens (including phenoxy) is 1. The van der Waals surface area contributed by atoms with E-state index in [9.17, 15) is 9.18 Å². The van der Waals surface area contributed by atoms with E-state index in [0.717, 1.165) is 0 Å². The highest BCUT2D eigenvalue weighted by atomic mass is 19.1. The van der Waals surface area contributed by atoms with E-state index >= 15 is 0 Å². The average molecular weight is 371 g/mol. The largest absolute Gasteiger partial charge is 0.378 e. The quantitative estimate of drug-likeness (QED) is 0.813. The number of aromatic nitrogens is 2. The third-order valence-electron chi connectivity index (χ3n) is 4.92. The number of benzene rings is 1. The van der Waals surface area contributed by atoms with E-state index in [1.807, 2.05) is 15.9 Å².